The van der Waals surface area contributed by atoms with Crippen molar-refractivity contribution in [3.8, 4) is 0 Å². The van der Waals surface area contributed by atoms with Crippen LogP contribution in [0.3, 0.4) is 0 Å². The molecular weight excluding hydrogens is 360 g/mol. The first-order valence-electron chi connectivity index (χ1n) is 8.05. The highest BCUT2D eigenvalue weighted by atomic mass is 35.5. The van der Waals surface area contributed by atoms with Crippen LogP contribution in [0.4, 0.5) is 11.4 Å². The third-order valence-corrected chi connectivity index (χ3v) is 6.30. The lowest BCUT2D eigenvalue weighted by atomic mass is 10.1. The van der Waals surface area contributed by atoms with Crippen LogP contribution in [0.2, 0.25) is 5.02 Å². The summed E-state index contributed by atoms with van der Waals surface area (Å²) in [5.74, 6) is -0.147. The lowest BCUT2D eigenvalue weighted by Crippen LogP contribution is -2.38. The first-order valence-corrected chi connectivity index (χ1v) is 10.0. The number of carbonyl (C=O) groups excluding carboxylic acids is 1. The Kier molecular flexibility index (Phi) is 5.01. The predicted octanol–water partition coefficient (Wildman–Crippen LogP) is 3.83. The summed E-state index contributed by atoms with van der Waals surface area (Å²) in [5.41, 5.74) is 2.44. The number of nitrogens with zero attached hydrogens (tertiary/aromatic N) is 1. The zero-order valence-electron chi connectivity index (χ0n) is 13.8. The summed E-state index contributed by atoms with van der Waals surface area (Å²) < 4.78 is 26.1. The normalized spacial score (nSPS) is 16.5. The Morgan fingerprint density at radius 1 is 1.12 bits per heavy atom. The van der Waals surface area contributed by atoms with Gasteiger partial charge in [0.15, 0.2) is 0 Å². The van der Waals surface area contributed by atoms with Crippen LogP contribution in [-0.2, 0) is 10.0 Å². The summed E-state index contributed by atoms with van der Waals surface area (Å²) in [4.78, 5) is 12.5. The number of amides is 1. The van der Waals surface area contributed by atoms with Crippen molar-refractivity contribution in [1.29, 1.82) is 0 Å². The maximum Gasteiger partial charge on any atom is 0.255 e. The molecule has 0 saturated carbocycles. The number of hydrogen-bond acceptors (Lipinski definition) is 3. The fraction of sp³-hybridized carbons (Fsp3) is 0.278. The molecule has 0 atom stereocenters. The molecule has 7 heteroatoms. The van der Waals surface area contributed by atoms with Crippen LogP contribution in [0, 0.1) is 6.92 Å². The van der Waals surface area contributed by atoms with Gasteiger partial charge in [0.1, 0.15) is 0 Å². The second kappa shape index (κ2) is 7.06. The van der Waals surface area contributed by atoms with Gasteiger partial charge < -0.3 is 5.32 Å². The molecule has 2 aromatic rings. The summed E-state index contributed by atoms with van der Waals surface area (Å²) in [5, 5.41) is 3.38. The van der Waals surface area contributed by atoms with Gasteiger partial charge in [-0.1, -0.05) is 17.7 Å². The van der Waals surface area contributed by atoms with Gasteiger partial charge in [0, 0.05) is 22.8 Å². The van der Waals surface area contributed by atoms with E-state index in [0.717, 1.165) is 12.0 Å². The topological polar surface area (TPSA) is 66.5 Å². The van der Waals surface area contributed by atoms with E-state index >= 15 is 0 Å². The van der Waals surface area contributed by atoms with Crippen LogP contribution in [-0.4, -0.2) is 26.6 Å². The van der Waals surface area contributed by atoms with Crippen LogP contribution in [0.1, 0.15) is 28.8 Å². The van der Waals surface area contributed by atoms with Gasteiger partial charge in [0.05, 0.1) is 11.4 Å². The lowest BCUT2D eigenvalue weighted by molar-refractivity contribution is 0.102. The Labute approximate surface area is 152 Å². The minimum absolute atomic E-state index is 0.146. The number of benzene rings is 2. The van der Waals surface area contributed by atoms with E-state index in [1.54, 1.807) is 42.5 Å². The minimum atomic E-state index is -3.32. The molecule has 1 amide bonds. The second-order valence-corrected chi connectivity index (χ2v) is 8.51. The van der Waals surface area contributed by atoms with Gasteiger partial charge in [-0.25, -0.2) is 8.42 Å². The molecule has 132 valence electrons. The van der Waals surface area contributed by atoms with Gasteiger partial charge in [-0.2, -0.15) is 0 Å². The van der Waals surface area contributed by atoms with Gasteiger partial charge in [0.25, 0.3) is 5.91 Å². The highest BCUT2D eigenvalue weighted by Gasteiger charge is 2.27. The average Bonchev–Trinajstić information content (AvgIpc) is 2.57. The average molecular weight is 379 g/mol. The van der Waals surface area contributed by atoms with Crippen molar-refractivity contribution in [2.75, 3.05) is 21.9 Å². The molecule has 0 aliphatic carbocycles. The van der Waals surface area contributed by atoms with E-state index in [2.05, 4.69) is 5.32 Å². The summed E-state index contributed by atoms with van der Waals surface area (Å²) in [6.45, 7) is 2.30. The summed E-state index contributed by atoms with van der Waals surface area (Å²) in [6, 6.07) is 11.9. The molecule has 2 aromatic carbocycles. The molecule has 1 heterocycles. The van der Waals surface area contributed by atoms with Crippen molar-refractivity contribution < 1.29 is 13.2 Å². The minimum Gasteiger partial charge on any atom is -0.322 e. The monoisotopic (exact) mass is 378 g/mol. The van der Waals surface area contributed by atoms with Crippen LogP contribution < -0.4 is 9.62 Å². The molecule has 0 aromatic heterocycles. The molecule has 0 bridgehead atoms. The van der Waals surface area contributed by atoms with Crippen molar-refractivity contribution in [3.63, 3.8) is 0 Å². The highest BCUT2D eigenvalue weighted by Crippen LogP contribution is 2.28. The Bertz CT molecular complexity index is 895. The lowest BCUT2D eigenvalue weighted by Gasteiger charge is -2.29. The third-order valence-electron chi connectivity index (χ3n) is 4.19. The molecule has 1 fully saturated rings. The fourth-order valence-electron chi connectivity index (χ4n) is 2.82. The molecular formula is C18H19ClN2O3S. The van der Waals surface area contributed by atoms with Gasteiger partial charge in [-0.15, -0.1) is 0 Å². The second-order valence-electron chi connectivity index (χ2n) is 6.06. The van der Waals surface area contributed by atoms with Gasteiger partial charge in [-0.3, -0.25) is 9.10 Å². The van der Waals surface area contributed by atoms with E-state index in [1.165, 1.54) is 4.31 Å². The summed E-state index contributed by atoms with van der Waals surface area (Å²) in [7, 11) is -3.32. The van der Waals surface area contributed by atoms with Crippen molar-refractivity contribution in [2.24, 2.45) is 0 Å². The number of hydrogen-bond donors (Lipinski definition) is 1. The summed E-state index contributed by atoms with van der Waals surface area (Å²) in [6.07, 6.45) is 1.49. The number of sulfonamides is 1. The Balaban J connectivity index is 1.88. The maximum atomic E-state index is 12.5. The van der Waals surface area contributed by atoms with Gasteiger partial charge in [-0.05, 0) is 61.7 Å². The van der Waals surface area contributed by atoms with Crippen molar-refractivity contribution >= 4 is 38.9 Å². The molecule has 5 nitrogen and oxygen atoms in total. The molecule has 0 unspecified atom stereocenters. The number of nitrogens with one attached hydrogen (secondary N) is 1. The standard InChI is InChI=1S/C18H19ClN2O3S/c1-13-4-5-14(18(22)20-16-8-6-15(19)7-9-16)12-17(13)21-10-2-3-11-25(21,23)24/h4-9,12H,2-3,10-11H2,1H3,(H,20,22). The van der Waals surface area contributed by atoms with Crippen molar-refractivity contribution in [3.05, 3.63) is 58.6 Å². The first-order chi connectivity index (χ1) is 11.9. The van der Waals surface area contributed by atoms with Crippen LogP contribution in [0.25, 0.3) is 0 Å². The molecule has 3 rings (SSSR count). The number of anilines is 2. The molecule has 1 aliphatic heterocycles. The van der Waals surface area contributed by atoms with E-state index in [4.69, 9.17) is 11.6 Å². The largest absolute Gasteiger partial charge is 0.322 e. The Morgan fingerprint density at radius 3 is 2.52 bits per heavy atom. The van der Waals surface area contributed by atoms with Crippen LogP contribution >= 0.6 is 11.6 Å². The van der Waals surface area contributed by atoms with Crippen LogP contribution in [0.15, 0.2) is 42.5 Å². The van der Waals surface area contributed by atoms with Crippen molar-refractivity contribution in [2.45, 2.75) is 19.8 Å². The van der Waals surface area contributed by atoms with Crippen molar-refractivity contribution in [1.82, 2.24) is 0 Å². The Hall–Kier alpha value is -2.05. The third kappa shape index (κ3) is 3.96. The van der Waals surface area contributed by atoms with Gasteiger partial charge >= 0.3 is 0 Å². The molecule has 1 aliphatic rings. The van der Waals surface area contributed by atoms with E-state index in [9.17, 15) is 13.2 Å². The molecule has 0 radical (unpaired) electrons. The van der Waals surface area contributed by atoms with E-state index in [-0.39, 0.29) is 11.7 Å². The molecule has 1 saturated heterocycles. The fourth-order valence-corrected chi connectivity index (χ4v) is 4.63. The number of rotatable bonds is 3. The smallest absolute Gasteiger partial charge is 0.255 e. The zero-order chi connectivity index (χ0) is 18.0. The maximum absolute atomic E-state index is 12.5. The Morgan fingerprint density at radius 2 is 1.84 bits per heavy atom. The molecule has 0 spiro atoms. The summed E-state index contributed by atoms with van der Waals surface area (Å²) >= 11 is 5.84. The van der Waals surface area contributed by atoms with Crippen LogP contribution in [0.5, 0.6) is 0 Å². The van der Waals surface area contributed by atoms with E-state index in [1.807, 2.05) is 6.92 Å². The van der Waals surface area contributed by atoms with E-state index in [0.29, 0.717) is 34.9 Å². The number of carbonyl (C=O) groups is 1. The predicted molar refractivity (Wildman–Crippen MR) is 101 cm³/mol. The number of aryl methyl sites for hydroxylation is 1. The zero-order valence-corrected chi connectivity index (χ0v) is 15.4. The quantitative estimate of drug-likeness (QED) is 0.882. The SMILES string of the molecule is Cc1ccc(C(=O)Nc2ccc(Cl)cc2)cc1N1CCCCS1(=O)=O. The molecule has 25 heavy (non-hydrogen) atoms. The first kappa shape index (κ1) is 17.8. The van der Waals surface area contributed by atoms with E-state index < -0.39 is 10.0 Å². The molecule has 1 N–H and O–H groups in total. The van der Waals surface area contributed by atoms with Gasteiger partial charge in [0.2, 0.25) is 10.0 Å². The number of halogens is 1. The highest BCUT2D eigenvalue weighted by molar-refractivity contribution is 7.92.